The van der Waals surface area contributed by atoms with Crippen LogP contribution in [0.15, 0.2) is 12.2 Å². The zero-order valence-electron chi connectivity index (χ0n) is 8.78. The van der Waals surface area contributed by atoms with Crippen LogP contribution in [0, 0.1) is 5.92 Å². The molecule has 14 heavy (non-hydrogen) atoms. The molecule has 2 nitrogen and oxygen atoms in total. The fraction of sp³-hybridized carbons (Fsp3) is 0.833. The quantitative estimate of drug-likeness (QED) is 0.674. The smallest absolute Gasteiger partial charge is 0.0695 e. The summed E-state index contributed by atoms with van der Waals surface area (Å²) in [5.74, 6) is 0.720. The second kappa shape index (κ2) is 4.94. The number of aliphatic hydroxyl groups excluding tert-OH is 1. The minimum atomic E-state index is -0.117. The molecule has 0 aromatic carbocycles. The van der Waals surface area contributed by atoms with Crippen LogP contribution in [0.5, 0.6) is 0 Å². The minimum Gasteiger partial charge on any atom is -0.391 e. The van der Waals surface area contributed by atoms with Gasteiger partial charge >= 0.3 is 0 Å². The van der Waals surface area contributed by atoms with Gasteiger partial charge in [-0.1, -0.05) is 12.2 Å². The predicted molar refractivity (Wildman–Crippen MR) is 58.1 cm³/mol. The fourth-order valence-corrected chi connectivity index (χ4v) is 2.62. The molecule has 2 heteroatoms. The maximum atomic E-state index is 10.0. The number of allylic oxidation sites excluding steroid dienone is 2. The molecule has 80 valence electrons. The Morgan fingerprint density at radius 3 is 2.93 bits per heavy atom. The van der Waals surface area contributed by atoms with Crippen LogP contribution < -0.4 is 5.32 Å². The van der Waals surface area contributed by atoms with E-state index in [4.69, 9.17) is 0 Å². The maximum absolute atomic E-state index is 10.0. The average molecular weight is 195 g/mol. The van der Waals surface area contributed by atoms with Crippen LogP contribution in [-0.4, -0.2) is 23.8 Å². The number of aliphatic hydroxyl groups is 1. The Morgan fingerprint density at radius 2 is 2.29 bits per heavy atom. The maximum Gasteiger partial charge on any atom is 0.0695 e. The van der Waals surface area contributed by atoms with Gasteiger partial charge in [0.2, 0.25) is 0 Å². The minimum absolute atomic E-state index is 0.117. The Balaban J connectivity index is 1.75. The Hall–Kier alpha value is -0.340. The third-order valence-corrected chi connectivity index (χ3v) is 3.52. The first kappa shape index (κ1) is 10.2. The Bertz CT molecular complexity index is 196. The van der Waals surface area contributed by atoms with Crippen LogP contribution in [0.25, 0.3) is 0 Å². The van der Waals surface area contributed by atoms with Crippen LogP contribution >= 0.6 is 0 Å². The van der Waals surface area contributed by atoms with Gasteiger partial charge in [0, 0.05) is 6.04 Å². The topological polar surface area (TPSA) is 32.3 Å². The SMILES string of the molecule is OC(CC1CC=CCC1)[C@H]1CCCN1. The Labute approximate surface area is 86.4 Å². The molecule has 0 spiro atoms. The van der Waals surface area contributed by atoms with E-state index in [9.17, 15) is 5.11 Å². The lowest BCUT2D eigenvalue weighted by molar-refractivity contribution is 0.105. The van der Waals surface area contributed by atoms with E-state index >= 15 is 0 Å². The Kier molecular flexibility index (Phi) is 3.60. The largest absolute Gasteiger partial charge is 0.391 e. The van der Waals surface area contributed by atoms with E-state index in [-0.39, 0.29) is 6.10 Å². The molecule has 0 aromatic heterocycles. The van der Waals surface area contributed by atoms with Gasteiger partial charge in [-0.15, -0.1) is 0 Å². The summed E-state index contributed by atoms with van der Waals surface area (Å²) in [6, 6.07) is 0.376. The third kappa shape index (κ3) is 2.58. The van der Waals surface area contributed by atoms with Crippen LogP contribution in [0.3, 0.4) is 0 Å². The molecular weight excluding hydrogens is 174 g/mol. The molecule has 0 radical (unpaired) electrons. The van der Waals surface area contributed by atoms with Crippen LogP contribution in [0.2, 0.25) is 0 Å². The molecule has 2 N–H and O–H groups in total. The van der Waals surface area contributed by atoms with Crippen molar-refractivity contribution in [3.8, 4) is 0 Å². The van der Waals surface area contributed by atoms with Crippen molar-refractivity contribution in [2.24, 2.45) is 5.92 Å². The monoisotopic (exact) mass is 195 g/mol. The standard InChI is InChI=1S/C12H21NO/c14-12(11-7-4-8-13-11)9-10-5-2-1-3-6-10/h1-2,10-14H,3-9H2/t10?,11-,12?/m1/s1. The summed E-state index contributed by atoms with van der Waals surface area (Å²) < 4.78 is 0. The van der Waals surface area contributed by atoms with Gasteiger partial charge in [0.1, 0.15) is 0 Å². The number of rotatable bonds is 3. The highest BCUT2D eigenvalue weighted by Gasteiger charge is 2.25. The number of hydrogen-bond acceptors (Lipinski definition) is 2. The molecule has 1 fully saturated rings. The molecule has 1 saturated heterocycles. The lowest BCUT2D eigenvalue weighted by atomic mass is 9.87. The first-order chi connectivity index (χ1) is 6.86. The van der Waals surface area contributed by atoms with Crippen molar-refractivity contribution in [3.05, 3.63) is 12.2 Å². The van der Waals surface area contributed by atoms with Crippen molar-refractivity contribution in [2.45, 2.75) is 50.7 Å². The molecule has 0 saturated carbocycles. The van der Waals surface area contributed by atoms with E-state index in [2.05, 4.69) is 17.5 Å². The molecule has 2 aliphatic rings. The molecule has 0 amide bonds. The highest BCUT2D eigenvalue weighted by molar-refractivity contribution is 4.92. The number of hydrogen-bond donors (Lipinski definition) is 2. The van der Waals surface area contributed by atoms with Crippen molar-refractivity contribution in [1.82, 2.24) is 5.32 Å². The predicted octanol–water partition coefficient (Wildman–Crippen LogP) is 1.85. The van der Waals surface area contributed by atoms with E-state index < -0.39 is 0 Å². The zero-order valence-corrected chi connectivity index (χ0v) is 8.78. The molecular formula is C12H21NO. The molecule has 3 atom stereocenters. The normalized spacial score (nSPS) is 34.6. The lowest BCUT2D eigenvalue weighted by Crippen LogP contribution is -2.36. The van der Waals surface area contributed by atoms with Crippen LogP contribution in [-0.2, 0) is 0 Å². The van der Waals surface area contributed by atoms with Gasteiger partial charge in [-0.3, -0.25) is 0 Å². The Morgan fingerprint density at radius 1 is 1.36 bits per heavy atom. The molecule has 1 aliphatic carbocycles. The summed E-state index contributed by atoms with van der Waals surface area (Å²) >= 11 is 0. The molecule has 0 aromatic rings. The van der Waals surface area contributed by atoms with Crippen LogP contribution in [0.1, 0.15) is 38.5 Å². The summed E-state index contributed by atoms with van der Waals surface area (Å²) in [4.78, 5) is 0. The summed E-state index contributed by atoms with van der Waals surface area (Å²) in [5.41, 5.74) is 0. The first-order valence-corrected chi connectivity index (χ1v) is 5.92. The number of nitrogens with one attached hydrogen (secondary N) is 1. The highest BCUT2D eigenvalue weighted by Crippen LogP contribution is 2.25. The molecule has 1 aliphatic heterocycles. The summed E-state index contributed by atoms with van der Waals surface area (Å²) in [7, 11) is 0. The van der Waals surface area contributed by atoms with Crippen molar-refractivity contribution in [3.63, 3.8) is 0 Å². The van der Waals surface area contributed by atoms with E-state index in [1.807, 2.05) is 0 Å². The second-order valence-electron chi connectivity index (χ2n) is 4.66. The van der Waals surface area contributed by atoms with Gasteiger partial charge in [-0.2, -0.15) is 0 Å². The second-order valence-corrected chi connectivity index (χ2v) is 4.66. The van der Waals surface area contributed by atoms with Crippen LogP contribution in [0.4, 0.5) is 0 Å². The molecule has 2 unspecified atom stereocenters. The highest BCUT2D eigenvalue weighted by atomic mass is 16.3. The first-order valence-electron chi connectivity index (χ1n) is 5.92. The summed E-state index contributed by atoms with van der Waals surface area (Å²) in [6.45, 7) is 1.09. The van der Waals surface area contributed by atoms with Gasteiger partial charge in [0.05, 0.1) is 6.10 Å². The fourth-order valence-electron chi connectivity index (χ4n) is 2.62. The molecule has 0 bridgehead atoms. The zero-order chi connectivity index (χ0) is 9.80. The van der Waals surface area contributed by atoms with E-state index in [1.54, 1.807) is 0 Å². The van der Waals surface area contributed by atoms with Gasteiger partial charge in [0.25, 0.3) is 0 Å². The van der Waals surface area contributed by atoms with E-state index in [0.29, 0.717) is 6.04 Å². The summed E-state index contributed by atoms with van der Waals surface area (Å²) in [5, 5.41) is 13.4. The van der Waals surface area contributed by atoms with Crippen molar-refractivity contribution in [1.29, 1.82) is 0 Å². The van der Waals surface area contributed by atoms with Gasteiger partial charge in [-0.05, 0) is 51.0 Å². The van der Waals surface area contributed by atoms with Crippen molar-refractivity contribution < 1.29 is 5.11 Å². The summed E-state index contributed by atoms with van der Waals surface area (Å²) in [6.07, 6.45) is 11.4. The van der Waals surface area contributed by atoms with E-state index in [0.717, 1.165) is 25.3 Å². The molecule has 2 rings (SSSR count). The third-order valence-electron chi connectivity index (χ3n) is 3.52. The van der Waals surface area contributed by atoms with Gasteiger partial charge < -0.3 is 10.4 Å². The van der Waals surface area contributed by atoms with Crippen molar-refractivity contribution in [2.75, 3.05) is 6.54 Å². The average Bonchev–Trinajstić information content (AvgIpc) is 2.72. The lowest BCUT2D eigenvalue weighted by Gasteiger charge is -2.24. The van der Waals surface area contributed by atoms with Gasteiger partial charge in [-0.25, -0.2) is 0 Å². The van der Waals surface area contributed by atoms with Crippen molar-refractivity contribution >= 4 is 0 Å². The van der Waals surface area contributed by atoms with E-state index in [1.165, 1.54) is 25.7 Å². The molecule has 1 heterocycles. The van der Waals surface area contributed by atoms with Gasteiger partial charge in [0.15, 0.2) is 0 Å².